The third-order valence-corrected chi connectivity index (χ3v) is 4.24. The summed E-state index contributed by atoms with van der Waals surface area (Å²) in [5.41, 5.74) is 1.62. The van der Waals surface area contributed by atoms with E-state index in [2.05, 4.69) is 51.7 Å². The molecule has 0 fully saturated rings. The van der Waals surface area contributed by atoms with E-state index in [1.54, 1.807) is 6.92 Å². The van der Waals surface area contributed by atoms with Crippen molar-refractivity contribution in [3.8, 4) is 5.75 Å². The molecule has 1 amide bonds. The van der Waals surface area contributed by atoms with Gasteiger partial charge in [-0.3, -0.25) is 0 Å². The Morgan fingerprint density at radius 1 is 0.964 bits per heavy atom. The first-order chi connectivity index (χ1) is 13.2. The molecule has 6 nitrogen and oxygen atoms in total. The van der Waals surface area contributed by atoms with Gasteiger partial charge in [-0.15, -0.1) is 0 Å². The minimum atomic E-state index is -0.581. The minimum Gasteiger partial charge on any atom is -0.490 e. The van der Waals surface area contributed by atoms with E-state index in [1.165, 1.54) is 5.56 Å². The van der Waals surface area contributed by atoms with Crippen molar-refractivity contribution >= 4 is 12.1 Å². The number of hydrogen-bond donors (Lipinski definition) is 1. The van der Waals surface area contributed by atoms with Crippen LogP contribution in [0.2, 0.25) is 0 Å². The molecule has 0 spiro atoms. The average Bonchev–Trinajstić information content (AvgIpc) is 2.62. The van der Waals surface area contributed by atoms with Gasteiger partial charge in [0.2, 0.25) is 0 Å². The number of nitrogens with one attached hydrogen (secondary N) is 1. The molecular formula is C22H33NO5. The lowest BCUT2D eigenvalue weighted by Crippen LogP contribution is -2.29. The van der Waals surface area contributed by atoms with Gasteiger partial charge < -0.3 is 19.5 Å². The molecule has 6 heteroatoms. The number of ether oxygens (including phenoxy) is 3. The number of benzene rings is 1. The van der Waals surface area contributed by atoms with Crippen LogP contribution in [0.4, 0.5) is 4.79 Å². The van der Waals surface area contributed by atoms with Crippen molar-refractivity contribution in [1.82, 2.24) is 5.32 Å². The molecule has 1 N–H and O–H groups in total. The molecule has 0 unspecified atom stereocenters. The van der Waals surface area contributed by atoms with E-state index in [9.17, 15) is 9.59 Å². The summed E-state index contributed by atoms with van der Waals surface area (Å²) < 4.78 is 15.5. The summed E-state index contributed by atoms with van der Waals surface area (Å²) in [6, 6.07) is 8.09. The second-order valence-corrected chi connectivity index (χ2v) is 7.41. The maximum absolute atomic E-state index is 11.5. The molecule has 0 saturated carbocycles. The Kier molecular flexibility index (Phi) is 10.1. The van der Waals surface area contributed by atoms with E-state index in [-0.39, 0.29) is 26.4 Å². The van der Waals surface area contributed by atoms with Gasteiger partial charge in [0.1, 0.15) is 25.6 Å². The maximum Gasteiger partial charge on any atom is 0.407 e. The Morgan fingerprint density at radius 3 is 2.11 bits per heavy atom. The van der Waals surface area contributed by atoms with Crippen molar-refractivity contribution in [3.63, 3.8) is 0 Å². The predicted molar refractivity (Wildman–Crippen MR) is 109 cm³/mol. The van der Waals surface area contributed by atoms with E-state index in [4.69, 9.17) is 14.2 Å². The van der Waals surface area contributed by atoms with Crippen molar-refractivity contribution in [2.75, 3.05) is 26.4 Å². The highest BCUT2D eigenvalue weighted by atomic mass is 16.6. The lowest BCUT2D eigenvalue weighted by Gasteiger charge is -2.25. The normalized spacial score (nSPS) is 10.9. The summed E-state index contributed by atoms with van der Waals surface area (Å²) >= 11 is 0. The van der Waals surface area contributed by atoms with Crippen LogP contribution in [-0.2, 0) is 14.3 Å². The minimum absolute atomic E-state index is 0.0669. The second-order valence-electron chi connectivity index (χ2n) is 7.41. The largest absolute Gasteiger partial charge is 0.490 e. The number of alkyl carbamates (subject to hydrolysis) is 1. The molecule has 0 aliphatic carbocycles. The molecule has 0 bridgehead atoms. The summed E-state index contributed by atoms with van der Waals surface area (Å²) in [5, 5.41) is 2.49. The Morgan fingerprint density at radius 2 is 1.57 bits per heavy atom. The van der Waals surface area contributed by atoms with Gasteiger partial charge in [-0.05, 0) is 42.4 Å². The van der Waals surface area contributed by atoms with Crippen LogP contribution in [0.25, 0.3) is 0 Å². The summed E-state index contributed by atoms with van der Waals surface area (Å²) in [6.45, 7) is 14.6. The predicted octanol–water partition coefficient (Wildman–Crippen LogP) is 4.31. The van der Waals surface area contributed by atoms with Gasteiger partial charge in [-0.2, -0.15) is 0 Å². The van der Waals surface area contributed by atoms with Crippen LogP contribution < -0.4 is 10.1 Å². The Hall–Kier alpha value is -2.50. The molecule has 1 rings (SSSR count). The van der Waals surface area contributed by atoms with Gasteiger partial charge in [0.05, 0.1) is 6.54 Å². The maximum atomic E-state index is 11.5. The molecule has 0 atom stereocenters. The van der Waals surface area contributed by atoms with Crippen LogP contribution in [0.5, 0.6) is 5.75 Å². The fourth-order valence-corrected chi connectivity index (χ4v) is 3.09. The van der Waals surface area contributed by atoms with E-state index in [0.29, 0.717) is 23.3 Å². The van der Waals surface area contributed by atoms with Gasteiger partial charge >= 0.3 is 12.1 Å². The molecule has 28 heavy (non-hydrogen) atoms. The third kappa shape index (κ3) is 8.46. The lowest BCUT2D eigenvalue weighted by atomic mass is 9.80. The Labute approximate surface area is 168 Å². The number of carbonyl (C=O) groups is 2. The van der Waals surface area contributed by atoms with E-state index >= 15 is 0 Å². The number of amides is 1. The molecule has 0 radical (unpaired) electrons. The molecule has 1 aromatic rings. The Balaban J connectivity index is 2.26. The van der Waals surface area contributed by atoms with E-state index < -0.39 is 12.1 Å². The van der Waals surface area contributed by atoms with Crippen molar-refractivity contribution in [3.05, 3.63) is 42.0 Å². The molecule has 0 aromatic heterocycles. The van der Waals surface area contributed by atoms with Crippen molar-refractivity contribution in [1.29, 1.82) is 0 Å². The van der Waals surface area contributed by atoms with Crippen LogP contribution in [0, 0.1) is 11.8 Å². The molecule has 0 aliphatic heterocycles. The van der Waals surface area contributed by atoms with Crippen LogP contribution in [0.1, 0.15) is 46.1 Å². The number of carbonyl (C=O) groups excluding carboxylic acids is 2. The fourth-order valence-electron chi connectivity index (χ4n) is 3.09. The highest BCUT2D eigenvalue weighted by Gasteiger charge is 2.19. The SMILES string of the molecule is C=C(C)C(=O)OCCNC(=O)OCCOc1ccc(C(C(C)C)C(C)C)cc1. The fraction of sp³-hybridized carbons (Fsp3) is 0.545. The summed E-state index contributed by atoms with van der Waals surface area (Å²) in [7, 11) is 0. The molecule has 0 heterocycles. The van der Waals surface area contributed by atoms with Crippen LogP contribution in [0.3, 0.4) is 0 Å². The van der Waals surface area contributed by atoms with Gasteiger partial charge in [-0.1, -0.05) is 46.4 Å². The summed E-state index contributed by atoms with van der Waals surface area (Å²) in [5.74, 6) is 1.91. The standard InChI is InChI=1S/C22H33NO5/c1-15(2)20(16(3)4)18-7-9-19(10-8-18)26-13-14-28-22(25)23-11-12-27-21(24)17(5)6/h7-10,15-16,20H,5,11-14H2,1-4,6H3,(H,23,25). The topological polar surface area (TPSA) is 73.9 Å². The molecule has 0 aliphatic rings. The number of hydrogen-bond acceptors (Lipinski definition) is 5. The van der Waals surface area contributed by atoms with Gasteiger partial charge in [0.15, 0.2) is 0 Å². The zero-order valence-corrected chi connectivity index (χ0v) is 17.6. The first-order valence-corrected chi connectivity index (χ1v) is 9.68. The van der Waals surface area contributed by atoms with Crippen LogP contribution in [-0.4, -0.2) is 38.4 Å². The van der Waals surface area contributed by atoms with Gasteiger partial charge in [0, 0.05) is 5.57 Å². The third-order valence-electron chi connectivity index (χ3n) is 4.24. The molecule has 0 saturated heterocycles. The molecule has 1 aromatic carbocycles. The smallest absolute Gasteiger partial charge is 0.407 e. The zero-order chi connectivity index (χ0) is 21.1. The average molecular weight is 392 g/mol. The lowest BCUT2D eigenvalue weighted by molar-refractivity contribution is -0.138. The second kappa shape index (κ2) is 12.1. The van der Waals surface area contributed by atoms with Crippen molar-refractivity contribution in [2.45, 2.75) is 40.5 Å². The van der Waals surface area contributed by atoms with Crippen molar-refractivity contribution in [2.24, 2.45) is 11.8 Å². The number of esters is 1. The van der Waals surface area contributed by atoms with Gasteiger partial charge in [-0.25, -0.2) is 9.59 Å². The summed E-state index contributed by atoms with van der Waals surface area (Å²) in [6.07, 6.45) is -0.581. The zero-order valence-electron chi connectivity index (χ0n) is 17.6. The van der Waals surface area contributed by atoms with Crippen LogP contribution in [0.15, 0.2) is 36.4 Å². The van der Waals surface area contributed by atoms with E-state index in [0.717, 1.165) is 5.75 Å². The highest BCUT2D eigenvalue weighted by Crippen LogP contribution is 2.32. The first kappa shape index (κ1) is 23.5. The summed E-state index contributed by atoms with van der Waals surface area (Å²) in [4.78, 5) is 22.7. The van der Waals surface area contributed by atoms with Crippen molar-refractivity contribution < 1.29 is 23.8 Å². The first-order valence-electron chi connectivity index (χ1n) is 9.68. The molecule has 156 valence electrons. The quantitative estimate of drug-likeness (QED) is 0.346. The van der Waals surface area contributed by atoms with Gasteiger partial charge in [0.25, 0.3) is 0 Å². The highest BCUT2D eigenvalue weighted by molar-refractivity contribution is 5.86. The Bertz CT molecular complexity index is 629. The van der Waals surface area contributed by atoms with Crippen LogP contribution >= 0.6 is 0 Å². The number of rotatable bonds is 11. The van der Waals surface area contributed by atoms with E-state index in [1.807, 2.05) is 12.1 Å². The molecular weight excluding hydrogens is 358 g/mol. The monoisotopic (exact) mass is 391 g/mol.